The lowest BCUT2D eigenvalue weighted by atomic mass is 10.1. The predicted molar refractivity (Wildman–Crippen MR) is 80.8 cm³/mol. The van der Waals surface area contributed by atoms with E-state index in [1.54, 1.807) is 6.08 Å². The fourth-order valence-corrected chi connectivity index (χ4v) is 3.14. The number of amides is 1. The van der Waals surface area contributed by atoms with Gasteiger partial charge in [0.2, 0.25) is 0 Å². The molecule has 0 atom stereocenters. The maximum absolute atomic E-state index is 12.1. The Labute approximate surface area is 126 Å². The lowest BCUT2D eigenvalue weighted by Crippen LogP contribution is -2.40. The number of nitrogens with zero attached hydrogens (tertiary/aromatic N) is 1. The normalized spacial score (nSPS) is 17.1. The molecule has 1 saturated heterocycles. The fraction of sp³-hybridized carbons (Fsp3) is 0.214. The zero-order valence-corrected chi connectivity index (χ0v) is 12.6. The lowest BCUT2D eigenvalue weighted by Gasteiger charge is -2.14. The number of aliphatic carboxylic acids is 1. The Morgan fingerprint density at radius 3 is 2.75 bits per heavy atom. The van der Waals surface area contributed by atoms with E-state index in [1.165, 1.54) is 0 Å². The van der Waals surface area contributed by atoms with Gasteiger partial charge in [0.05, 0.1) is 17.4 Å². The van der Waals surface area contributed by atoms with E-state index in [4.69, 9.17) is 12.2 Å². The van der Waals surface area contributed by atoms with Crippen LogP contribution in [0.3, 0.4) is 0 Å². The van der Waals surface area contributed by atoms with E-state index in [9.17, 15) is 14.7 Å². The van der Waals surface area contributed by atoms with Crippen molar-refractivity contribution in [2.24, 2.45) is 0 Å². The number of hydrogen-bond acceptors (Lipinski definition) is 5. The van der Waals surface area contributed by atoms with Crippen molar-refractivity contribution in [1.82, 2.24) is 4.90 Å². The molecule has 0 radical (unpaired) electrons. The molecule has 1 aromatic carbocycles. The molecule has 4 nitrogen and oxygen atoms in total. The summed E-state index contributed by atoms with van der Waals surface area (Å²) >= 11 is 6.13. The highest BCUT2D eigenvalue weighted by Gasteiger charge is 2.31. The number of carbonyl (C=O) groups is 2. The molecule has 0 saturated carbocycles. The molecule has 1 aliphatic rings. The van der Waals surface area contributed by atoms with Crippen molar-refractivity contribution in [1.29, 1.82) is 0 Å². The van der Waals surface area contributed by atoms with Crippen LogP contribution in [-0.2, 0) is 9.59 Å². The first-order valence-electron chi connectivity index (χ1n) is 5.91. The van der Waals surface area contributed by atoms with E-state index in [2.05, 4.69) is 0 Å². The van der Waals surface area contributed by atoms with Crippen LogP contribution >= 0.6 is 24.0 Å². The summed E-state index contributed by atoms with van der Waals surface area (Å²) < 4.78 is 0.246. The van der Waals surface area contributed by atoms with Crippen molar-refractivity contribution in [3.63, 3.8) is 0 Å². The third-order valence-corrected chi connectivity index (χ3v) is 4.25. The largest absolute Gasteiger partial charge is 0.548 e. The van der Waals surface area contributed by atoms with E-state index in [0.29, 0.717) is 4.91 Å². The van der Waals surface area contributed by atoms with Gasteiger partial charge in [-0.3, -0.25) is 9.69 Å². The second kappa shape index (κ2) is 5.76. The van der Waals surface area contributed by atoms with Crippen molar-refractivity contribution in [2.75, 3.05) is 6.54 Å². The third kappa shape index (κ3) is 3.08. The van der Waals surface area contributed by atoms with Crippen molar-refractivity contribution in [2.45, 2.75) is 13.8 Å². The quantitative estimate of drug-likeness (QED) is 0.621. The van der Waals surface area contributed by atoms with Gasteiger partial charge in [-0.15, -0.1) is 0 Å². The average Bonchev–Trinajstić information content (AvgIpc) is 2.60. The van der Waals surface area contributed by atoms with E-state index >= 15 is 0 Å². The number of hydrogen-bond donors (Lipinski definition) is 0. The van der Waals surface area contributed by atoms with Gasteiger partial charge in [0.1, 0.15) is 4.32 Å². The smallest absolute Gasteiger partial charge is 0.266 e. The maximum atomic E-state index is 12.1. The Bertz CT molecular complexity index is 637. The van der Waals surface area contributed by atoms with Crippen LogP contribution in [0.15, 0.2) is 23.1 Å². The number of carboxylic acid groups (broad SMARTS) is 1. The lowest BCUT2D eigenvalue weighted by molar-refractivity contribution is -0.305. The van der Waals surface area contributed by atoms with Crippen molar-refractivity contribution < 1.29 is 14.7 Å². The molecular weight excluding hydrogens is 294 g/mol. The summed E-state index contributed by atoms with van der Waals surface area (Å²) in [6, 6.07) is 5.91. The average molecular weight is 306 g/mol. The topological polar surface area (TPSA) is 60.4 Å². The minimum absolute atomic E-state index is 0.246. The molecule has 1 heterocycles. The first-order valence-corrected chi connectivity index (χ1v) is 7.13. The molecule has 1 amide bonds. The van der Waals surface area contributed by atoms with Gasteiger partial charge < -0.3 is 9.90 Å². The number of thioether (sulfide) groups is 1. The molecule has 104 valence electrons. The van der Waals surface area contributed by atoms with E-state index in [-0.39, 0.29) is 10.2 Å². The van der Waals surface area contributed by atoms with Crippen molar-refractivity contribution in [3.8, 4) is 0 Å². The molecule has 0 unspecified atom stereocenters. The van der Waals surface area contributed by atoms with Crippen LogP contribution in [0, 0.1) is 13.8 Å². The van der Waals surface area contributed by atoms with Crippen molar-refractivity contribution >= 4 is 46.3 Å². The highest BCUT2D eigenvalue weighted by atomic mass is 32.2. The monoisotopic (exact) mass is 306 g/mol. The highest BCUT2D eigenvalue weighted by molar-refractivity contribution is 8.26. The van der Waals surface area contributed by atoms with E-state index in [1.807, 2.05) is 32.0 Å². The maximum Gasteiger partial charge on any atom is 0.266 e. The van der Waals surface area contributed by atoms with Crippen molar-refractivity contribution in [3.05, 3.63) is 39.8 Å². The highest BCUT2D eigenvalue weighted by Crippen LogP contribution is 2.32. The minimum Gasteiger partial charge on any atom is -0.548 e. The zero-order chi connectivity index (χ0) is 14.9. The molecule has 0 N–H and O–H groups in total. The number of carbonyl (C=O) groups excluding carboxylic acids is 2. The van der Waals surface area contributed by atoms with Crippen LogP contribution in [0.5, 0.6) is 0 Å². The van der Waals surface area contributed by atoms with Gasteiger partial charge in [-0.2, -0.15) is 0 Å². The molecule has 0 spiro atoms. The first-order chi connectivity index (χ1) is 9.38. The Morgan fingerprint density at radius 1 is 1.45 bits per heavy atom. The number of benzene rings is 1. The van der Waals surface area contributed by atoms with Gasteiger partial charge in [-0.25, -0.2) is 0 Å². The second-order valence-corrected chi connectivity index (χ2v) is 6.18. The first kappa shape index (κ1) is 14.7. The SMILES string of the molecule is Cc1ccc(/C=C2/SC(=S)N(CC(=O)[O-])C2=O)c(C)c1. The van der Waals surface area contributed by atoms with Crippen LogP contribution in [0.25, 0.3) is 6.08 Å². The summed E-state index contributed by atoms with van der Waals surface area (Å²) in [5.41, 5.74) is 3.11. The van der Waals surface area contributed by atoms with Gasteiger partial charge in [0.25, 0.3) is 5.91 Å². The number of thiocarbonyl (C=S) groups is 1. The predicted octanol–water partition coefficient (Wildman–Crippen LogP) is 1.25. The number of aryl methyl sites for hydroxylation is 2. The van der Waals surface area contributed by atoms with Crippen LogP contribution in [0.4, 0.5) is 0 Å². The Kier molecular flexibility index (Phi) is 4.25. The zero-order valence-electron chi connectivity index (χ0n) is 11.0. The van der Waals surface area contributed by atoms with Gasteiger partial charge >= 0.3 is 0 Å². The molecule has 1 aliphatic heterocycles. The summed E-state index contributed by atoms with van der Waals surface area (Å²) in [6.07, 6.45) is 1.74. The fourth-order valence-electron chi connectivity index (χ4n) is 1.89. The van der Waals surface area contributed by atoms with Gasteiger partial charge in [0, 0.05) is 0 Å². The summed E-state index contributed by atoms with van der Waals surface area (Å²) in [4.78, 5) is 24.2. The molecule has 1 aromatic rings. The van der Waals surface area contributed by atoms with Gasteiger partial charge in [0.15, 0.2) is 0 Å². The molecule has 2 rings (SSSR count). The molecule has 0 aliphatic carbocycles. The number of carboxylic acids is 1. The second-order valence-electron chi connectivity index (χ2n) is 4.50. The van der Waals surface area contributed by atoms with E-state index in [0.717, 1.165) is 33.4 Å². The number of rotatable bonds is 3. The van der Waals surface area contributed by atoms with Crippen LogP contribution in [-0.4, -0.2) is 27.6 Å². The third-order valence-electron chi connectivity index (χ3n) is 2.87. The molecule has 6 heteroatoms. The Morgan fingerprint density at radius 2 is 2.15 bits per heavy atom. The Balaban J connectivity index is 2.30. The molecule has 0 bridgehead atoms. The summed E-state index contributed by atoms with van der Waals surface area (Å²) in [6.45, 7) is 3.45. The van der Waals surface area contributed by atoms with Crippen LogP contribution < -0.4 is 5.11 Å². The Hall–Kier alpha value is -1.66. The molecular formula is C14H12NO3S2-. The van der Waals surface area contributed by atoms with Crippen LogP contribution in [0.1, 0.15) is 16.7 Å². The van der Waals surface area contributed by atoms with Crippen LogP contribution in [0.2, 0.25) is 0 Å². The summed E-state index contributed by atoms with van der Waals surface area (Å²) in [5.74, 6) is -1.71. The standard InChI is InChI=1S/C14H13NO3S2/c1-8-3-4-10(9(2)5-8)6-11-13(18)15(7-12(16)17)14(19)20-11/h3-6H,7H2,1-2H3,(H,16,17)/p-1/b11-6+. The van der Waals surface area contributed by atoms with Gasteiger partial charge in [-0.1, -0.05) is 47.7 Å². The summed E-state index contributed by atoms with van der Waals surface area (Å²) in [5, 5.41) is 10.6. The summed E-state index contributed by atoms with van der Waals surface area (Å²) in [7, 11) is 0. The molecule has 1 fully saturated rings. The molecule has 20 heavy (non-hydrogen) atoms. The van der Waals surface area contributed by atoms with Gasteiger partial charge in [-0.05, 0) is 31.1 Å². The molecule has 0 aromatic heterocycles. The van der Waals surface area contributed by atoms with E-state index < -0.39 is 12.5 Å². The minimum atomic E-state index is -1.32.